The molecular weight excluding hydrogens is 527 g/mol. The zero-order valence-corrected chi connectivity index (χ0v) is 22.3. The van der Waals surface area contributed by atoms with Crippen molar-refractivity contribution in [2.45, 2.75) is 37.1 Å². The molecule has 3 N–H and O–H groups in total. The second kappa shape index (κ2) is 11.6. The van der Waals surface area contributed by atoms with E-state index < -0.39 is 22.8 Å². The number of hydrogen-bond acceptors (Lipinski definition) is 4. The van der Waals surface area contributed by atoms with Crippen molar-refractivity contribution in [3.05, 3.63) is 65.7 Å². The molecule has 2 atom stereocenters. The number of hydrogen-bond donors (Lipinski definition) is 3. The van der Waals surface area contributed by atoms with Crippen LogP contribution < -0.4 is 10.6 Å². The lowest BCUT2D eigenvalue weighted by Gasteiger charge is -2.37. The number of likely N-dealkylation sites (tertiary alicyclic amines) is 1. The molecule has 2 aromatic rings. The van der Waals surface area contributed by atoms with Gasteiger partial charge in [-0.25, -0.2) is 9.59 Å². The van der Waals surface area contributed by atoms with Gasteiger partial charge in [0.25, 0.3) is 0 Å². The Balaban J connectivity index is 1.30. The van der Waals surface area contributed by atoms with E-state index in [2.05, 4.69) is 16.7 Å². The minimum Gasteiger partial charge on any atom is -0.480 e. The van der Waals surface area contributed by atoms with Crippen LogP contribution in [0.3, 0.4) is 0 Å². The number of halogens is 2. The third-order valence-corrected chi connectivity index (χ3v) is 8.81. The number of rotatable bonds is 9. The first kappa shape index (κ1) is 27.7. The summed E-state index contributed by atoms with van der Waals surface area (Å²) in [7, 11) is 0. The highest BCUT2D eigenvalue weighted by molar-refractivity contribution is 6.22. The van der Waals surface area contributed by atoms with E-state index in [1.807, 2.05) is 30.3 Å². The molecule has 1 heterocycles. The normalized spacial score (nSPS) is 20.0. The number of carbonyl (C=O) groups excluding carboxylic acids is 2. The summed E-state index contributed by atoms with van der Waals surface area (Å²) < 4.78 is 0. The molecule has 0 radical (unpaired) electrons. The van der Waals surface area contributed by atoms with E-state index >= 15 is 0 Å². The molecule has 3 amide bonds. The maximum absolute atomic E-state index is 12.8. The molecule has 1 saturated heterocycles. The lowest BCUT2D eigenvalue weighted by atomic mass is 9.74. The van der Waals surface area contributed by atoms with Gasteiger partial charge in [0.1, 0.15) is 6.04 Å². The summed E-state index contributed by atoms with van der Waals surface area (Å²) in [4.78, 5) is 38.9. The van der Waals surface area contributed by atoms with E-state index in [1.165, 1.54) is 0 Å². The summed E-state index contributed by atoms with van der Waals surface area (Å²) in [5.74, 6) is -1.35. The number of nitrogens with zero attached hydrogens (tertiary/aromatic N) is 2. The topological polar surface area (TPSA) is 123 Å². The molecule has 0 aromatic heterocycles. The lowest BCUT2D eigenvalue weighted by molar-refractivity contribution is -0.142. The smallest absolute Gasteiger partial charge is 0.326 e. The standard InChI is InChI=1S/C28H30Cl2N4O4/c29-16-28(17-30)15-22(28)24(35)33-23(25(36)37)14-19-6-8-21(9-7-19)32-26(38)34-12-10-27(18-31,11-13-34)20-4-2-1-3-5-20/h1-9,22-23H,10-17H2,(H,32,38)(H,33,35)(H,36,37)/t22?,23-/m0/s1. The monoisotopic (exact) mass is 556 g/mol. The zero-order valence-electron chi connectivity index (χ0n) is 20.8. The SMILES string of the molecule is N#CC1(c2ccccc2)CCN(C(=O)Nc2ccc(C[C@H](NC(=O)C3CC3(CCl)CCl)C(=O)O)cc2)CC1. The highest BCUT2D eigenvalue weighted by Crippen LogP contribution is 2.54. The molecular formula is C28H30Cl2N4O4. The quantitative estimate of drug-likeness (QED) is 0.396. The Morgan fingerprint density at radius 3 is 2.21 bits per heavy atom. The van der Waals surface area contributed by atoms with Crippen LogP contribution in [0.25, 0.3) is 0 Å². The fourth-order valence-corrected chi connectivity index (χ4v) is 5.87. The molecule has 1 aliphatic heterocycles. The van der Waals surface area contributed by atoms with Gasteiger partial charge in [-0.05, 0) is 42.5 Å². The van der Waals surface area contributed by atoms with Crippen LogP contribution in [0.1, 0.15) is 30.4 Å². The summed E-state index contributed by atoms with van der Waals surface area (Å²) in [5, 5.41) is 25.0. The van der Waals surface area contributed by atoms with Crippen LogP contribution in [0, 0.1) is 22.7 Å². The van der Waals surface area contributed by atoms with E-state index in [-0.39, 0.29) is 36.0 Å². The first-order valence-electron chi connectivity index (χ1n) is 12.5. The Morgan fingerprint density at radius 2 is 1.68 bits per heavy atom. The average Bonchev–Trinajstić information content (AvgIpc) is 3.69. The fraction of sp³-hybridized carbons (Fsp3) is 0.429. The number of benzene rings is 2. The number of anilines is 1. The Bertz CT molecular complexity index is 1200. The lowest BCUT2D eigenvalue weighted by Crippen LogP contribution is -2.46. The van der Waals surface area contributed by atoms with Crippen LogP contribution in [-0.4, -0.2) is 58.8 Å². The number of carbonyl (C=O) groups is 3. The maximum Gasteiger partial charge on any atom is 0.326 e. The number of aliphatic carboxylic acids is 1. The van der Waals surface area contributed by atoms with Gasteiger partial charge in [-0.1, -0.05) is 42.5 Å². The van der Waals surface area contributed by atoms with Crippen LogP contribution in [-0.2, 0) is 21.4 Å². The minimum atomic E-state index is -1.13. The molecule has 200 valence electrons. The van der Waals surface area contributed by atoms with Gasteiger partial charge in [-0.2, -0.15) is 5.26 Å². The van der Waals surface area contributed by atoms with Gasteiger partial charge in [0.05, 0.1) is 11.5 Å². The van der Waals surface area contributed by atoms with Crippen LogP contribution in [0.5, 0.6) is 0 Å². The van der Waals surface area contributed by atoms with Gasteiger partial charge < -0.3 is 20.6 Å². The molecule has 4 rings (SSSR count). The fourth-order valence-electron chi connectivity index (χ4n) is 5.00. The summed E-state index contributed by atoms with van der Waals surface area (Å²) in [6, 6.07) is 17.7. The zero-order chi connectivity index (χ0) is 27.3. The number of carboxylic acid groups (broad SMARTS) is 1. The van der Waals surface area contributed by atoms with Gasteiger partial charge >= 0.3 is 12.0 Å². The molecule has 38 heavy (non-hydrogen) atoms. The van der Waals surface area contributed by atoms with Crippen molar-refractivity contribution < 1.29 is 19.5 Å². The number of nitriles is 1. The third kappa shape index (κ3) is 5.90. The van der Waals surface area contributed by atoms with Gasteiger partial charge in [-0.15, -0.1) is 23.2 Å². The number of alkyl halides is 2. The van der Waals surface area contributed by atoms with Crippen molar-refractivity contribution >= 4 is 46.8 Å². The second-order valence-electron chi connectivity index (χ2n) is 10.2. The first-order chi connectivity index (χ1) is 18.3. The average molecular weight is 557 g/mol. The number of urea groups is 1. The molecule has 8 nitrogen and oxygen atoms in total. The van der Waals surface area contributed by atoms with E-state index in [9.17, 15) is 24.8 Å². The van der Waals surface area contributed by atoms with Crippen molar-refractivity contribution in [3.8, 4) is 6.07 Å². The van der Waals surface area contributed by atoms with E-state index in [0.29, 0.717) is 43.6 Å². The Labute approximate surface area is 231 Å². The van der Waals surface area contributed by atoms with E-state index in [0.717, 1.165) is 5.56 Å². The highest BCUT2D eigenvalue weighted by Gasteiger charge is 2.57. The molecule has 2 aromatic carbocycles. The Morgan fingerprint density at radius 1 is 1.05 bits per heavy atom. The van der Waals surface area contributed by atoms with E-state index in [4.69, 9.17) is 23.2 Å². The van der Waals surface area contributed by atoms with Crippen molar-refractivity contribution in [2.75, 3.05) is 30.2 Å². The number of carboxylic acids is 1. The second-order valence-corrected chi connectivity index (χ2v) is 10.7. The van der Waals surface area contributed by atoms with Gasteiger partial charge in [0, 0.05) is 48.3 Å². The first-order valence-corrected chi connectivity index (χ1v) is 13.6. The summed E-state index contributed by atoms with van der Waals surface area (Å²) in [6.45, 7) is 0.921. The largest absolute Gasteiger partial charge is 0.480 e. The molecule has 0 bridgehead atoms. The van der Waals surface area contributed by atoms with Gasteiger partial charge in [0.15, 0.2) is 0 Å². The van der Waals surface area contributed by atoms with Crippen molar-refractivity contribution in [2.24, 2.45) is 11.3 Å². The molecule has 1 saturated carbocycles. The highest BCUT2D eigenvalue weighted by atomic mass is 35.5. The van der Waals surface area contributed by atoms with Crippen molar-refractivity contribution in [1.82, 2.24) is 10.2 Å². The molecule has 1 unspecified atom stereocenters. The van der Waals surface area contributed by atoms with Crippen LogP contribution in [0.2, 0.25) is 0 Å². The number of amides is 3. The van der Waals surface area contributed by atoms with Gasteiger partial charge in [-0.3, -0.25) is 4.79 Å². The van der Waals surface area contributed by atoms with Crippen molar-refractivity contribution in [3.63, 3.8) is 0 Å². The van der Waals surface area contributed by atoms with E-state index in [1.54, 1.807) is 29.2 Å². The van der Waals surface area contributed by atoms with Crippen LogP contribution in [0.4, 0.5) is 10.5 Å². The van der Waals surface area contributed by atoms with Gasteiger partial charge in [0.2, 0.25) is 5.91 Å². The minimum absolute atomic E-state index is 0.0959. The summed E-state index contributed by atoms with van der Waals surface area (Å²) >= 11 is 11.9. The van der Waals surface area contributed by atoms with Crippen LogP contribution in [0.15, 0.2) is 54.6 Å². The number of nitrogens with one attached hydrogen (secondary N) is 2. The summed E-state index contributed by atoms with van der Waals surface area (Å²) in [5.41, 5.74) is 1.20. The maximum atomic E-state index is 12.8. The molecule has 1 aliphatic carbocycles. The van der Waals surface area contributed by atoms with Crippen molar-refractivity contribution in [1.29, 1.82) is 5.26 Å². The number of piperidine rings is 1. The molecule has 0 spiro atoms. The summed E-state index contributed by atoms with van der Waals surface area (Å²) in [6.07, 6.45) is 1.76. The Hall–Kier alpha value is -3.28. The predicted octanol–water partition coefficient (Wildman–Crippen LogP) is 4.37. The predicted molar refractivity (Wildman–Crippen MR) is 145 cm³/mol. The molecule has 2 fully saturated rings. The molecule has 10 heteroatoms. The Kier molecular flexibility index (Phi) is 8.49. The van der Waals surface area contributed by atoms with Crippen LogP contribution >= 0.6 is 23.2 Å². The third-order valence-electron chi connectivity index (χ3n) is 7.74. The molecule has 2 aliphatic rings.